The second-order valence-electron chi connectivity index (χ2n) is 6.07. The van der Waals surface area contributed by atoms with Crippen molar-refractivity contribution in [2.45, 2.75) is 17.5 Å². The van der Waals surface area contributed by atoms with Crippen LogP contribution in [0, 0.1) is 5.82 Å². The van der Waals surface area contributed by atoms with Gasteiger partial charge in [-0.25, -0.2) is 9.37 Å². The highest BCUT2D eigenvalue weighted by atomic mass is 32.2. The van der Waals surface area contributed by atoms with Crippen molar-refractivity contribution in [1.82, 2.24) is 19.7 Å². The average Bonchev–Trinajstić information content (AvgIpc) is 3.26. The molecular formula is C19H18FN5OS2. The standard InChI is InChI=1S/C19H18FN5OS2/c1-26-10-9-25-17(16-15(21)14-3-2-8-22-18(14)28-16)23-24-19(25)27-11-12-4-6-13(20)7-5-12/h2-8H,9-11,21H2,1H3. The Morgan fingerprint density at radius 1 is 1.21 bits per heavy atom. The Morgan fingerprint density at radius 2 is 2.04 bits per heavy atom. The summed E-state index contributed by atoms with van der Waals surface area (Å²) in [5.41, 5.74) is 8.05. The summed E-state index contributed by atoms with van der Waals surface area (Å²) in [6.45, 7) is 1.13. The Hall–Kier alpha value is -2.49. The van der Waals surface area contributed by atoms with E-state index in [0.717, 1.165) is 25.8 Å². The highest BCUT2D eigenvalue weighted by Gasteiger charge is 2.20. The Bertz CT molecular complexity index is 1090. The summed E-state index contributed by atoms with van der Waals surface area (Å²) >= 11 is 3.05. The van der Waals surface area contributed by atoms with Gasteiger partial charge in [-0.3, -0.25) is 4.57 Å². The highest BCUT2D eigenvalue weighted by molar-refractivity contribution is 7.98. The average molecular weight is 416 g/mol. The van der Waals surface area contributed by atoms with Gasteiger partial charge in [-0.1, -0.05) is 23.9 Å². The molecule has 0 spiro atoms. The minimum absolute atomic E-state index is 0.242. The van der Waals surface area contributed by atoms with Gasteiger partial charge in [0.05, 0.1) is 23.7 Å². The number of halogens is 1. The predicted octanol–water partition coefficient (Wildman–Crippen LogP) is 4.21. The van der Waals surface area contributed by atoms with Gasteiger partial charge in [-0.2, -0.15) is 0 Å². The molecule has 0 saturated heterocycles. The van der Waals surface area contributed by atoms with Crippen molar-refractivity contribution in [1.29, 1.82) is 0 Å². The van der Waals surface area contributed by atoms with E-state index in [1.807, 2.05) is 16.7 Å². The second-order valence-corrected chi connectivity index (χ2v) is 8.01. The minimum Gasteiger partial charge on any atom is -0.397 e. The van der Waals surface area contributed by atoms with Crippen molar-refractivity contribution >= 4 is 39.0 Å². The van der Waals surface area contributed by atoms with Crippen LogP contribution in [-0.2, 0) is 17.0 Å². The van der Waals surface area contributed by atoms with Crippen molar-refractivity contribution in [3.8, 4) is 10.7 Å². The molecule has 0 unspecified atom stereocenters. The minimum atomic E-state index is -0.242. The zero-order valence-electron chi connectivity index (χ0n) is 15.1. The number of nitrogens with two attached hydrogens (primary N) is 1. The van der Waals surface area contributed by atoms with E-state index in [-0.39, 0.29) is 5.82 Å². The second kappa shape index (κ2) is 8.26. The van der Waals surface area contributed by atoms with Crippen LogP contribution in [0.25, 0.3) is 20.9 Å². The lowest BCUT2D eigenvalue weighted by Gasteiger charge is -2.09. The van der Waals surface area contributed by atoms with Gasteiger partial charge in [0.2, 0.25) is 0 Å². The van der Waals surface area contributed by atoms with E-state index in [1.165, 1.54) is 23.5 Å². The van der Waals surface area contributed by atoms with E-state index >= 15 is 0 Å². The third kappa shape index (κ3) is 3.73. The third-order valence-corrected chi connectivity index (χ3v) is 6.39. The molecule has 1 aromatic carbocycles. The van der Waals surface area contributed by atoms with Gasteiger partial charge in [-0.15, -0.1) is 21.5 Å². The molecule has 0 aliphatic heterocycles. The first-order valence-electron chi connectivity index (χ1n) is 8.60. The molecule has 144 valence electrons. The van der Waals surface area contributed by atoms with E-state index in [4.69, 9.17) is 10.5 Å². The quantitative estimate of drug-likeness (QED) is 0.456. The number of ether oxygens (including phenoxy) is 1. The molecule has 3 aromatic heterocycles. The first-order chi connectivity index (χ1) is 13.7. The van der Waals surface area contributed by atoms with Crippen LogP contribution in [0.2, 0.25) is 0 Å². The van der Waals surface area contributed by atoms with Crippen molar-refractivity contribution in [2.24, 2.45) is 0 Å². The molecule has 3 heterocycles. The molecule has 0 radical (unpaired) electrons. The summed E-state index contributed by atoms with van der Waals surface area (Å²) < 4.78 is 20.4. The maximum Gasteiger partial charge on any atom is 0.191 e. The number of rotatable bonds is 7. The summed E-state index contributed by atoms with van der Waals surface area (Å²) in [7, 11) is 1.66. The van der Waals surface area contributed by atoms with Gasteiger partial charge in [-0.05, 0) is 29.8 Å². The van der Waals surface area contributed by atoms with E-state index < -0.39 is 0 Å². The molecule has 0 atom stereocenters. The molecule has 0 saturated carbocycles. The van der Waals surface area contributed by atoms with Crippen molar-refractivity contribution in [3.63, 3.8) is 0 Å². The number of methoxy groups -OCH3 is 1. The molecule has 9 heteroatoms. The summed E-state index contributed by atoms with van der Waals surface area (Å²) in [4.78, 5) is 6.12. The van der Waals surface area contributed by atoms with Crippen LogP contribution in [0.1, 0.15) is 5.56 Å². The molecule has 6 nitrogen and oxygen atoms in total. The number of nitrogens with zero attached hydrogens (tertiary/aromatic N) is 4. The largest absolute Gasteiger partial charge is 0.397 e. The molecule has 28 heavy (non-hydrogen) atoms. The molecule has 0 bridgehead atoms. The Balaban J connectivity index is 1.67. The van der Waals surface area contributed by atoms with Crippen LogP contribution in [-0.4, -0.2) is 33.5 Å². The monoisotopic (exact) mass is 415 g/mol. The fourth-order valence-corrected chi connectivity index (χ4v) is 4.77. The Kier molecular flexibility index (Phi) is 5.56. The van der Waals surface area contributed by atoms with E-state index in [9.17, 15) is 4.39 Å². The van der Waals surface area contributed by atoms with Gasteiger partial charge in [0, 0.05) is 24.4 Å². The summed E-state index contributed by atoms with van der Waals surface area (Å²) in [5, 5.41) is 10.5. The van der Waals surface area contributed by atoms with Gasteiger partial charge in [0.25, 0.3) is 0 Å². The van der Waals surface area contributed by atoms with Crippen LogP contribution in [0.15, 0.2) is 47.8 Å². The maximum atomic E-state index is 13.1. The Labute approximate surface area is 169 Å². The first kappa shape index (κ1) is 18.9. The number of pyridine rings is 1. The smallest absolute Gasteiger partial charge is 0.191 e. The number of thioether (sulfide) groups is 1. The lowest BCUT2D eigenvalue weighted by molar-refractivity contribution is 0.185. The molecule has 0 fully saturated rings. The number of anilines is 1. The number of hydrogen-bond acceptors (Lipinski definition) is 7. The molecule has 2 N–H and O–H groups in total. The van der Waals surface area contributed by atoms with Crippen molar-refractivity contribution in [2.75, 3.05) is 19.5 Å². The van der Waals surface area contributed by atoms with Crippen LogP contribution in [0.5, 0.6) is 0 Å². The molecule has 0 aliphatic rings. The normalized spacial score (nSPS) is 11.4. The van der Waals surface area contributed by atoms with Gasteiger partial charge < -0.3 is 10.5 Å². The first-order valence-corrected chi connectivity index (χ1v) is 10.4. The SMILES string of the molecule is COCCn1c(SCc2ccc(F)cc2)nnc1-c1sc2ncccc2c1N. The summed E-state index contributed by atoms with van der Waals surface area (Å²) in [5.74, 6) is 1.13. The Morgan fingerprint density at radius 3 is 2.79 bits per heavy atom. The molecule has 4 aromatic rings. The van der Waals surface area contributed by atoms with Crippen molar-refractivity contribution < 1.29 is 9.13 Å². The third-order valence-electron chi connectivity index (χ3n) is 4.22. The zero-order chi connectivity index (χ0) is 19.5. The molecule has 4 rings (SSSR count). The van der Waals surface area contributed by atoms with E-state index in [1.54, 1.807) is 37.2 Å². The topological polar surface area (TPSA) is 78.8 Å². The van der Waals surface area contributed by atoms with Crippen LogP contribution in [0.3, 0.4) is 0 Å². The zero-order valence-corrected chi connectivity index (χ0v) is 16.8. The lowest BCUT2D eigenvalue weighted by atomic mass is 10.2. The van der Waals surface area contributed by atoms with Crippen molar-refractivity contribution in [3.05, 3.63) is 54.0 Å². The maximum absolute atomic E-state index is 13.1. The number of aromatic nitrogens is 4. The van der Waals surface area contributed by atoms with Gasteiger partial charge in [0.15, 0.2) is 11.0 Å². The fourth-order valence-electron chi connectivity index (χ4n) is 2.79. The van der Waals surface area contributed by atoms with Gasteiger partial charge in [0.1, 0.15) is 10.6 Å². The number of benzene rings is 1. The summed E-state index contributed by atoms with van der Waals surface area (Å²) in [6, 6.07) is 10.3. The number of thiophene rings is 1. The van der Waals surface area contributed by atoms with E-state index in [0.29, 0.717) is 30.4 Å². The number of fused-ring (bicyclic) bond motifs is 1. The van der Waals surface area contributed by atoms with Gasteiger partial charge >= 0.3 is 0 Å². The molecular weight excluding hydrogens is 397 g/mol. The number of nitrogen functional groups attached to an aromatic ring is 1. The van der Waals surface area contributed by atoms with Crippen LogP contribution < -0.4 is 5.73 Å². The van der Waals surface area contributed by atoms with E-state index in [2.05, 4.69) is 15.2 Å². The predicted molar refractivity (Wildman–Crippen MR) is 111 cm³/mol. The van der Waals surface area contributed by atoms with Crippen LogP contribution >= 0.6 is 23.1 Å². The molecule has 0 aliphatic carbocycles. The summed E-state index contributed by atoms with van der Waals surface area (Å²) in [6.07, 6.45) is 1.75. The lowest BCUT2D eigenvalue weighted by Crippen LogP contribution is -2.07. The van der Waals surface area contributed by atoms with Crippen LogP contribution in [0.4, 0.5) is 10.1 Å². The molecule has 0 amide bonds. The highest BCUT2D eigenvalue weighted by Crippen LogP contribution is 2.40. The number of hydrogen-bond donors (Lipinski definition) is 1. The fraction of sp³-hybridized carbons (Fsp3) is 0.211.